The molecule has 0 aliphatic carbocycles. The number of halogens is 1. The second kappa shape index (κ2) is 7.17. The molecule has 1 aliphatic heterocycles. The number of alkyl halides is 1. The Kier molecular flexibility index (Phi) is 5.15. The van der Waals surface area contributed by atoms with Gasteiger partial charge in [-0.05, 0) is 24.8 Å². The van der Waals surface area contributed by atoms with Crippen LogP contribution in [0.2, 0.25) is 0 Å². The lowest BCUT2D eigenvalue weighted by Gasteiger charge is -2.23. The Labute approximate surface area is 150 Å². The van der Waals surface area contributed by atoms with Crippen molar-refractivity contribution in [2.45, 2.75) is 37.4 Å². The van der Waals surface area contributed by atoms with E-state index >= 15 is 0 Å². The molecule has 0 amide bonds. The van der Waals surface area contributed by atoms with Gasteiger partial charge in [0.2, 0.25) is 0 Å². The van der Waals surface area contributed by atoms with E-state index in [1.807, 2.05) is 0 Å². The molecule has 0 fully saturated rings. The summed E-state index contributed by atoms with van der Waals surface area (Å²) in [7, 11) is -3.68. The fourth-order valence-corrected chi connectivity index (χ4v) is 5.04. The Balaban J connectivity index is 2.34. The standard InChI is InChI=1S/C17H19ClN2O4S/c18-9-4-5-10-19-15(21)14(13-7-2-1-3-8-13)16-20(17(19)22)11-6-12-25(16,23)24/h1-3,7-8H,4-6,9-12H2. The highest BCUT2D eigenvalue weighted by molar-refractivity contribution is 7.91. The van der Waals surface area contributed by atoms with Crippen LogP contribution in [0, 0.1) is 0 Å². The van der Waals surface area contributed by atoms with E-state index in [1.54, 1.807) is 30.3 Å². The summed E-state index contributed by atoms with van der Waals surface area (Å²) in [5, 5.41) is -0.145. The number of fused-ring (bicyclic) bond motifs is 1. The minimum absolute atomic E-state index is 0.0536. The molecule has 0 radical (unpaired) electrons. The summed E-state index contributed by atoms with van der Waals surface area (Å²) < 4.78 is 27.6. The Morgan fingerprint density at radius 3 is 2.48 bits per heavy atom. The van der Waals surface area contributed by atoms with Gasteiger partial charge in [0.25, 0.3) is 5.56 Å². The zero-order chi connectivity index (χ0) is 18.0. The van der Waals surface area contributed by atoms with Crippen LogP contribution in [0.4, 0.5) is 0 Å². The van der Waals surface area contributed by atoms with Crippen molar-refractivity contribution in [3.8, 4) is 11.1 Å². The van der Waals surface area contributed by atoms with Crippen LogP contribution >= 0.6 is 11.6 Å². The molecule has 8 heteroatoms. The highest BCUT2D eigenvalue weighted by Gasteiger charge is 2.32. The summed E-state index contributed by atoms with van der Waals surface area (Å²) >= 11 is 5.68. The predicted molar refractivity (Wildman–Crippen MR) is 97.0 cm³/mol. The normalized spacial score (nSPS) is 15.7. The molecule has 0 spiro atoms. The van der Waals surface area contributed by atoms with Gasteiger partial charge in [0.05, 0.1) is 11.3 Å². The SMILES string of the molecule is O=c1c(-c2ccccc2)c2n(c(=O)n1CCCCCl)CCCS2(=O)=O. The molecular formula is C17H19ClN2O4S. The molecule has 0 saturated carbocycles. The lowest BCUT2D eigenvalue weighted by atomic mass is 10.1. The van der Waals surface area contributed by atoms with Gasteiger partial charge < -0.3 is 0 Å². The van der Waals surface area contributed by atoms with Crippen LogP contribution < -0.4 is 11.2 Å². The Bertz CT molecular complexity index is 994. The molecule has 6 nitrogen and oxygen atoms in total. The number of aromatic nitrogens is 2. The largest absolute Gasteiger partial charge is 0.332 e. The van der Waals surface area contributed by atoms with Crippen molar-refractivity contribution >= 4 is 21.4 Å². The number of hydrogen-bond acceptors (Lipinski definition) is 4. The van der Waals surface area contributed by atoms with Gasteiger partial charge in [-0.15, -0.1) is 11.6 Å². The molecule has 25 heavy (non-hydrogen) atoms. The van der Waals surface area contributed by atoms with Crippen molar-refractivity contribution < 1.29 is 8.42 Å². The van der Waals surface area contributed by atoms with E-state index in [0.29, 0.717) is 37.3 Å². The second-order valence-electron chi connectivity index (χ2n) is 6.01. The molecule has 134 valence electrons. The molecule has 2 aromatic rings. The third-order valence-corrected chi connectivity index (χ3v) is 6.40. The smallest absolute Gasteiger partial charge is 0.283 e. The van der Waals surface area contributed by atoms with Crippen molar-refractivity contribution in [3.63, 3.8) is 0 Å². The van der Waals surface area contributed by atoms with Gasteiger partial charge in [-0.3, -0.25) is 13.9 Å². The minimum atomic E-state index is -3.68. The van der Waals surface area contributed by atoms with Crippen molar-refractivity contribution in [2.24, 2.45) is 0 Å². The maximum absolute atomic E-state index is 13.0. The van der Waals surface area contributed by atoms with Gasteiger partial charge in [-0.25, -0.2) is 13.2 Å². The fraction of sp³-hybridized carbons (Fsp3) is 0.412. The summed E-state index contributed by atoms with van der Waals surface area (Å²) in [6.45, 7) is 0.521. The molecule has 0 atom stereocenters. The zero-order valence-electron chi connectivity index (χ0n) is 13.7. The summed E-state index contributed by atoms with van der Waals surface area (Å²) in [6.07, 6.45) is 1.62. The van der Waals surface area contributed by atoms with Crippen LogP contribution in [0.5, 0.6) is 0 Å². The van der Waals surface area contributed by atoms with Gasteiger partial charge in [-0.2, -0.15) is 0 Å². The highest BCUT2D eigenvalue weighted by Crippen LogP contribution is 2.27. The van der Waals surface area contributed by atoms with Crippen LogP contribution in [0.15, 0.2) is 44.9 Å². The second-order valence-corrected chi connectivity index (χ2v) is 8.41. The molecule has 0 N–H and O–H groups in total. The van der Waals surface area contributed by atoms with Gasteiger partial charge in [0, 0.05) is 19.0 Å². The number of unbranched alkanes of at least 4 members (excludes halogenated alkanes) is 1. The van der Waals surface area contributed by atoms with Gasteiger partial charge >= 0.3 is 5.69 Å². The highest BCUT2D eigenvalue weighted by atomic mass is 35.5. The first kappa shape index (κ1) is 17.9. The van der Waals surface area contributed by atoms with E-state index in [9.17, 15) is 18.0 Å². The molecule has 1 aliphatic rings. The molecule has 0 saturated heterocycles. The molecule has 1 aromatic carbocycles. The van der Waals surface area contributed by atoms with Crippen molar-refractivity contribution in [1.29, 1.82) is 0 Å². The van der Waals surface area contributed by atoms with Crippen LogP contribution in [0.25, 0.3) is 11.1 Å². The van der Waals surface area contributed by atoms with Crippen molar-refractivity contribution in [3.05, 3.63) is 51.2 Å². The van der Waals surface area contributed by atoms with E-state index in [2.05, 4.69) is 0 Å². The number of benzene rings is 1. The van der Waals surface area contributed by atoms with Crippen LogP contribution in [-0.4, -0.2) is 29.2 Å². The molecular weight excluding hydrogens is 364 g/mol. The average molecular weight is 383 g/mol. The average Bonchev–Trinajstić information content (AvgIpc) is 2.59. The minimum Gasteiger partial charge on any atom is -0.283 e. The number of rotatable bonds is 5. The van der Waals surface area contributed by atoms with E-state index in [0.717, 1.165) is 4.57 Å². The van der Waals surface area contributed by atoms with Crippen molar-refractivity contribution in [1.82, 2.24) is 9.13 Å². The Morgan fingerprint density at radius 2 is 1.80 bits per heavy atom. The fourth-order valence-electron chi connectivity index (χ4n) is 3.12. The molecule has 3 rings (SSSR count). The van der Waals surface area contributed by atoms with Crippen LogP contribution in [0.3, 0.4) is 0 Å². The maximum atomic E-state index is 13.0. The number of sulfone groups is 1. The summed E-state index contributed by atoms with van der Waals surface area (Å²) in [6, 6.07) is 8.65. The quantitative estimate of drug-likeness (QED) is 0.449. The number of nitrogens with zero attached hydrogens (tertiary/aromatic N) is 2. The van der Waals surface area contributed by atoms with E-state index < -0.39 is 21.1 Å². The van der Waals surface area contributed by atoms with Gasteiger partial charge in [0.15, 0.2) is 14.9 Å². The summed E-state index contributed by atoms with van der Waals surface area (Å²) in [5.41, 5.74) is -0.515. The lowest BCUT2D eigenvalue weighted by Crippen LogP contribution is -2.45. The molecule has 0 bridgehead atoms. The third-order valence-electron chi connectivity index (χ3n) is 4.30. The van der Waals surface area contributed by atoms with Gasteiger partial charge in [-0.1, -0.05) is 30.3 Å². The first-order valence-electron chi connectivity index (χ1n) is 8.19. The topological polar surface area (TPSA) is 78.1 Å². The summed E-state index contributed by atoms with van der Waals surface area (Å²) in [4.78, 5) is 25.7. The first-order chi connectivity index (χ1) is 12.0. The lowest BCUT2D eigenvalue weighted by molar-refractivity contribution is 0.474. The monoisotopic (exact) mass is 382 g/mol. The molecule has 0 unspecified atom stereocenters. The molecule has 1 aromatic heterocycles. The third kappa shape index (κ3) is 3.30. The number of hydrogen-bond donors (Lipinski definition) is 0. The zero-order valence-corrected chi connectivity index (χ0v) is 15.2. The van der Waals surface area contributed by atoms with Crippen molar-refractivity contribution in [2.75, 3.05) is 11.6 Å². The maximum Gasteiger partial charge on any atom is 0.332 e. The van der Waals surface area contributed by atoms with Crippen LogP contribution in [0.1, 0.15) is 19.3 Å². The van der Waals surface area contributed by atoms with E-state index in [-0.39, 0.29) is 22.9 Å². The van der Waals surface area contributed by atoms with E-state index in [4.69, 9.17) is 11.6 Å². The first-order valence-corrected chi connectivity index (χ1v) is 10.4. The van der Waals surface area contributed by atoms with E-state index in [1.165, 1.54) is 4.57 Å². The summed E-state index contributed by atoms with van der Waals surface area (Å²) in [5.74, 6) is 0.392. The van der Waals surface area contributed by atoms with Crippen LogP contribution in [-0.2, 0) is 22.9 Å². The predicted octanol–water partition coefficient (Wildman–Crippen LogP) is 1.87. The Morgan fingerprint density at radius 1 is 1.08 bits per heavy atom. The van der Waals surface area contributed by atoms with Gasteiger partial charge in [0.1, 0.15) is 0 Å². The Hall–Kier alpha value is -1.86. The molecule has 2 heterocycles.